The minimum Gasteiger partial charge on any atom is -0.330 e. The zero-order valence-corrected chi connectivity index (χ0v) is 10.4. The Hall–Kier alpha value is -1.43. The van der Waals surface area contributed by atoms with E-state index in [1.807, 2.05) is 6.92 Å². The van der Waals surface area contributed by atoms with Crippen molar-refractivity contribution in [2.45, 2.75) is 25.9 Å². The van der Waals surface area contributed by atoms with Crippen LogP contribution in [0.2, 0.25) is 0 Å². The lowest BCUT2D eigenvalue weighted by molar-refractivity contribution is -0.140. The number of carbonyl (C=O) groups excluding carboxylic acids is 1. The fourth-order valence-electron chi connectivity index (χ4n) is 1.69. The maximum absolute atomic E-state index is 13.1. The summed E-state index contributed by atoms with van der Waals surface area (Å²) in [6.07, 6.45) is -4.08. The van der Waals surface area contributed by atoms with Crippen LogP contribution in [0, 0.1) is 11.7 Å². The third-order valence-corrected chi connectivity index (χ3v) is 2.98. The molecule has 2 nitrogen and oxygen atoms in total. The zero-order chi connectivity index (χ0) is 14.6. The molecule has 106 valence electrons. The van der Waals surface area contributed by atoms with Crippen molar-refractivity contribution in [3.63, 3.8) is 0 Å². The van der Waals surface area contributed by atoms with Crippen molar-refractivity contribution in [1.29, 1.82) is 0 Å². The number of benzene rings is 1. The molecule has 0 saturated carbocycles. The number of Topliss-reactive ketones (excluding diaryl/α,β-unsaturated/α-hetero) is 1. The van der Waals surface area contributed by atoms with E-state index in [-0.39, 0.29) is 24.4 Å². The molecule has 19 heavy (non-hydrogen) atoms. The number of alkyl halides is 3. The Bertz CT molecular complexity index is 452. The SMILES string of the molecule is CCC(CN)CC(=O)c1ccc(F)c(C(F)(F)F)c1. The van der Waals surface area contributed by atoms with Gasteiger partial charge in [-0.15, -0.1) is 0 Å². The molecule has 0 saturated heterocycles. The number of hydrogen-bond donors (Lipinski definition) is 1. The van der Waals surface area contributed by atoms with E-state index >= 15 is 0 Å². The standard InChI is InChI=1S/C13H15F4NO/c1-2-8(7-18)5-12(19)9-3-4-11(14)10(6-9)13(15,16)17/h3-4,6,8H,2,5,7,18H2,1H3. The van der Waals surface area contributed by atoms with Gasteiger partial charge in [0.15, 0.2) is 5.78 Å². The average Bonchev–Trinajstić information content (AvgIpc) is 2.34. The molecule has 0 bridgehead atoms. The van der Waals surface area contributed by atoms with Crippen molar-refractivity contribution in [1.82, 2.24) is 0 Å². The maximum atomic E-state index is 13.1. The fraction of sp³-hybridized carbons (Fsp3) is 0.462. The lowest BCUT2D eigenvalue weighted by Crippen LogP contribution is -2.18. The van der Waals surface area contributed by atoms with Crippen molar-refractivity contribution in [3.8, 4) is 0 Å². The molecule has 0 spiro atoms. The predicted molar refractivity (Wildman–Crippen MR) is 63.2 cm³/mol. The van der Waals surface area contributed by atoms with Crippen molar-refractivity contribution < 1.29 is 22.4 Å². The van der Waals surface area contributed by atoms with Gasteiger partial charge in [-0.3, -0.25) is 4.79 Å². The van der Waals surface area contributed by atoms with Crippen LogP contribution in [0.1, 0.15) is 35.7 Å². The number of carbonyl (C=O) groups is 1. The summed E-state index contributed by atoms with van der Waals surface area (Å²) in [4.78, 5) is 11.8. The van der Waals surface area contributed by atoms with E-state index in [0.717, 1.165) is 6.07 Å². The van der Waals surface area contributed by atoms with Gasteiger partial charge in [0.05, 0.1) is 5.56 Å². The summed E-state index contributed by atoms with van der Waals surface area (Å²) in [5.41, 5.74) is 3.88. The van der Waals surface area contributed by atoms with E-state index in [2.05, 4.69) is 0 Å². The quantitative estimate of drug-likeness (QED) is 0.662. The third kappa shape index (κ3) is 4.02. The second kappa shape index (κ2) is 6.14. The van der Waals surface area contributed by atoms with Gasteiger partial charge in [0.1, 0.15) is 5.82 Å². The van der Waals surface area contributed by atoms with Crippen molar-refractivity contribution in [2.24, 2.45) is 11.7 Å². The van der Waals surface area contributed by atoms with Gasteiger partial charge < -0.3 is 5.73 Å². The van der Waals surface area contributed by atoms with E-state index in [1.165, 1.54) is 0 Å². The zero-order valence-electron chi connectivity index (χ0n) is 10.4. The van der Waals surface area contributed by atoms with Crippen LogP contribution in [0.15, 0.2) is 18.2 Å². The average molecular weight is 277 g/mol. The normalized spacial score (nSPS) is 13.4. The summed E-state index contributed by atoms with van der Waals surface area (Å²) < 4.78 is 50.6. The first-order chi connectivity index (χ1) is 8.79. The summed E-state index contributed by atoms with van der Waals surface area (Å²) in [5.74, 6) is -1.91. The van der Waals surface area contributed by atoms with Crippen molar-refractivity contribution in [3.05, 3.63) is 35.1 Å². The van der Waals surface area contributed by atoms with Crippen LogP contribution in [0.5, 0.6) is 0 Å². The lowest BCUT2D eigenvalue weighted by atomic mass is 9.95. The van der Waals surface area contributed by atoms with Gasteiger partial charge in [-0.05, 0) is 30.7 Å². The Labute approximate surface area is 108 Å². The van der Waals surface area contributed by atoms with E-state index < -0.39 is 23.3 Å². The van der Waals surface area contributed by atoms with Gasteiger partial charge in [0.2, 0.25) is 0 Å². The van der Waals surface area contributed by atoms with Crippen LogP contribution < -0.4 is 5.73 Å². The molecule has 1 aromatic rings. The van der Waals surface area contributed by atoms with Gasteiger partial charge in [-0.1, -0.05) is 13.3 Å². The highest BCUT2D eigenvalue weighted by Crippen LogP contribution is 2.32. The molecule has 1 aromatic carbocycles. The topological polar surface area (TPSA) is 43.1 Å². The molecule has 0 aliphatic rings. The molecular formula is C13H15F4NO. The lowest BCUT2D eigenvalue weighted by Gasteiger charge is -2.13. The number of ketones is 1. The summed E-state index contributed by atoms with van der Waals surface area (Å²) in [6, 6.07) is 2.29. The minimum atomic E-state index is -4.81. The van der Waals surface area contributed by atoms with Gasteiger partial charge in [-0.2, -0.15) is 13.2 Å². The Morgan fingerprint density at radius 1 is 1.37 bits per heavy atom. The largest absolute Gasteiger partial charge is 0.419 e. The molecule has 0 heterocycles. The Morgan fingerprint density at radius 2 is 2.00 bits per heavy atom. The van der Waals surface area contributed by atoms with Crippen LogP contribution >= 0.6 is 0 Å². The van der Waals surface area contributed by atoms with Crippen LogP contribution in [-0.2, 0) is 6.18 Å². The highest BCUT2D eigenvalue weighted by Gasteiger charge is 2.34. The van der Waals surface area contributed by atoms with Crippen LogP contribution in [-0.4, -0.2) is 12.3 Å². The van der Waals surface area contributed by atoms with Crippen LogP contribution in [0.25, 0.3) is 0 Å². The molecule has 6 heteroatoms. The molecule has 1 atom stereocenters. The highest BCUT2D eigenvalue weighted by atomic mass is 19.4. The first-order valence-electron chi connectivity index (χ1n) is 5.89. The van der Waals surface area contributed by atoms with Gasteiger partial charge in [0, 0.05) is 12.0 Å². The van der Waals surface area contributed by atoms with Gasteiger partial charge in [-0.25, -0.2) is 4.39 Å². The Balaban J connectivity index is 2.99. The molecule has 0 aliphatic heterocycles. The highest BCUT2D eigenvalue weighted by molar-refractivity contribution is 5.96. The Morgan fingerprint density at radius 3 is 2.47 bits per heavy atom. The van der Waals surface area contributed by atoms with Crippen molar-refractivity contribution in [2.75, 3.05) is 6.54 Å². The van der Waals surface area contributed by atoms with Gasteiger partial charge in [0.25, 0.3) is 0 Å². The van der Waals surface area contributed by atoms with E-state index in [9.17, 15) is 22.4 Å². The number of hydrogen-bond acceptors (Lipinski definition) is 2. The van der Waals surface area contributed by atoms with E-state index in [4.69, 9.17) is 5.73 Å². The summed E-state index contributed by atoms with van der Waals surface area (Å²) in [5, 5.41) is 0. The number of nitrogens with two attached hydrogens (primary N) is 1. The molecular weight excluding hydrogens is 262 g/mol. The summed E-state index contributed by atoms with van der Waals surface area (Å²) >= 11 is 0. The van der Waals surface area contributed by atoms with Crippen molar-refractivity contribution >= 4 is 5.78 Å². The number of halogens is 4. The third-order valence-electron chi connectivity index (χ3n) is 2.98. The summed E-state index contributed by atoms with van der Waals surface area (Å²) in [7, 11) is 0. The smallest absolute Gasteiger partial charge is 0.330 e. The molecule has 1 unspecified atom stereocenters. The monoisotopic (exact) mass is 277 g/mol. The molecule has 0 fully saturated rings. The van der Waals surface area contributed by atoms with E-state index in [0.29, 0.717) is 18.6 Å². The molecule has 2 N–H and O–H groups in total. The molecule has 1 rings (SSSR count). The second-order valence-electron chi connectivity index (χ2n) is 4.33. The maximum Gasteiger partial charge on any atom is 0.419 e. The van der Waals surface area contributed by atoms with Crippen LogP contribution in [0.4, 0.5) is 17.6 Å². The van der Waals surface area contributed by atoms with Gasteiger partial charge >= 0.3 is 6.18 Å². The second-order valence-corrected chi connectivity index (χ2v) is 4.33. The van der Waals surface area contributed by atoms with Crippen LogP contribution in [0.3, 0.4) is 0 Å². The Kier molecular flexibility index (Phi) is 5.05. The first-order valence-corrected chi connectivity index (χ1v) is 5.89. The molecule has 0 aliphatic carbocycles. The minimum absolute atomic E-state index is 0.0654. The molecule has 0 radical (unpaired) electrons. The number of rotatable bonds is 5. The molecule has 0 aromatic heterocycles. The fourth-order valence-corrected chi connectivity index (χ4v) is 1.69. The summed E-state index contributed by atoms with van der Waals surface area (Å²) in [6.45, 7) is 2.13. The molecule has 0 amide bonds. The predicted octanol–water partition coefficient (Wildman–Crippen LogP) is 3.40. The van der Waals surface area contributed by atoms with E-state index in [1.54, 1.807) is 0 Å². The first kappa shape index (κ1) is 15.6.